The van der Waals surface area contributed by atoms with Crippen molar-refractivity contribution in [2.75, 3.05) is 5.32 Å². The van der Waals surface area contributed by atoms with Crippen molar-refractivity contribution in [2.24, 2.45) is 0 Å². The summed E-state index contributed by atoms with van der Waals surface area (Å²) in [5.74, 6) is -0.554. The van der Waals surface area contributed by atoms with Crippen LogP contribution in [-0.4, -0.2) is 16.7 Å². The number of rotatable bonds is 4. The van der Waals surface area contributed by atoms with Crippen LogP contribution in [0.5, 0.6) is 0 Å². The minimum Gasteiger partial charge on any atom is -0.456 e. The zero-order chi connectivity index (χ0) is 18.6. The van der Waals surface area contributed by atoms with E-state index in [0.717, 1.165) is 3.57 Å². The minimum absolute atomic E-state index is 0.207. The number of benzene rings is 2. The summed E-state index contributed by atoms with van der Waals surface area (Å²) in [6.45, 7) is 5.31. The highest BCUT2D eigenvalue weighted by Gasteiger charge is 2.22. The van der Waals surface area contributed by atoms with Gasteiger partial charge in [0.2, 0.25) is 0 Å². The van der Waals surface area contributed by atoms with Crippen LogP contribution in [-0.2, 0) is 4.74 Å². The molecule has 0 aliphatic carbocycles. The van der Waals surface area contributed by atoms with Crippen LogP contribution in [0.2, 0.25) is 0 Å². The Morgan fingerprint density at radius 2 is 2.00 bits per heavy atom. The molecule has 1 unspecified atom stereocenters. The van der Waals surface area contributed by atoms with E-state index in [2.05, 4.69) is 27.9 Å². The molecule has 2 aromatic rings. The van der Waals surface area contributed by atoms with Crippen LogP contribution >= 0.6 is 22.6 Å². The predicted octanol–water partition coefficient (Wildman–Crippen LogP) is 4.22. The van der Waals surface area contributed by atoms with Crippen molar-refractivity contribution in [3.05, 3.63) is 62.7 Å². The average Bonchev–Trinajstić information content (AvgIpc) is 2.53. The summed E-state index contributed by atoms with van der Waals surface area (Å²) < 4.78 is 6.39. The summed E-state index contributed by atoms with van der Waals surface area (Å²) in [5.41, 5.74) is 0.963. The summed E-state index contributed by atoms with van der Waals surface area (Å²) >= 11 is 2.16. The van der Waals surface area contributed by atoms with Gasteiger partial charge >= 0.3 is 5.97 Å². The predicted molar refractivity (Wildman–Crippen MR) is 104 cm³/mol. The normalized spacial score (nSPS) is 12.2. The molecule has 6 heteroatoms. The highest BCUT2D eigenvalue weighted by atomic mass is 127. The Morgan fingerprint density at radius 3 is 2.60 bits per heavy atom. The maximum absolute atomic E-state index is 12.5. The number of aliphatic hydroxyl groups is 1. The number of nitrogens with zero attached hydrogens (tertiary/aromatic N) is 1. The first-order valence-corrected chi connectivity index (χ1v) is 8.75. The van der Waals surface area contributed by atoms with E-state index in [1.807, 2.05) is 24.3 Å². The second-order valence-corrected chi connectivity index (χ2v) is 7.72. The summed E-state index contributed by atoms with van der Waals surface area (Å²) in [5, 5.41) is 22.4. The molecule has 1 atom stereocenters. The third-order valence-electron chi connectivity index (χ3n) is 3.22. The highest BCUT2D eigenvalue weighted by Crippen LogP contribution is 2.25. The van der Waals surface area contributed by atoms with E-state index in [1.165, 1.54) is 6.07 Å². The lowest BCUT2D eigenvalue weighted by Gasteiger charge is -2.22. The number of hydrogen-bond donors (Lipinski definition) is 2. The molecule has 0 heterocycles. The van der Waals surface area contributed by atoms with Crippen LogP contribution in [0.15, 0.2) is 42.5 Å². The van der Waals surface area contributed by atoms with Gasteiger partial charge in [-0.05, 0) is 73.7 Å². The van der Waals surface area contributed by atoms with Crippen LogP contribution in [0.1, 0.15) is 48.5 Å². The van der Waals surface area contributed by atoms with Gasteiger partial charge in [-0.3, -0.25) is 0 Å². The summed E-state index contributed by atoms with van der Waals surface area (Å²) in [6, 6.07) is 14.0. The number of halogens is 1. The first-order valence-electron chi connectivity index (χ1n) is 7.67. The number of aliphatic hydroxyl groups excluding tert-OH is 1. The van der Waals surface area contributed by atoms with E-state index in [-0.39, 0.29) is 5.56 Å². The molecule has 2 rings (SSSR count). The Morgan fingerprint density at radius 1 is 1.28 bits per heavy atom. The van der Waals surface area contributed by atoms with E-state index >= 15 is 0 Å². The van der Waals surface area contributed by atoms with Gasteiger partial charge in [-0.1, -0.05) is 12.1 Å². The van der Waals surface area contributed by atoms with Crippen LogP contribution in [0.3, 0.4) is 0 Å². The lowest BCUT2D eigenvalue weighted by molar-refractivity contribution is 0.00705. The Balaban J connectivity index is 2.34. The zero-order valence-corrected chi connectivity index (χ0v) is 16.4. The lowest BCUT2D eigenvalue weighted by atomic mass is 10.1. The molecule has 0 aliphatic heterocycles. The van der Waals surface area contributed by atoms with Crippen molar-refractivity contribution >= 4 is 34.2 Å². The molecule has 0 saturated carbocycles. The van der Waals surface area contributed by atoms with Crippen LogP contribution in [0.4, 0.5) is 5.69 Å². The number of anilines is 1. The number of carbonyl (C=O) groups excluding carboxylic acids is 1. The van der Waals surface area contributed by atoms with Crippen molar-refractivity contribution < 1.29 is 14.6 Å². The number of hydrogen-bond acceptors (Lipinski definition) is 5. The number of esters is 1. The minimum atomic E-state index is -0.996. The second-order valence-electron chi connectivity index (χ2n) is 6.48. The van der Waals surface area contributed by atoms with Crippen molar-refractivity contribution in [1.82, 2.24) is 0 Å². The molecule has 0 radical (unpaired) electrons. The quantitative estimate of drug-likeness (QED) is 0.414. The van der Waals surface area contributed by atoms with Gasteiger partial charge in [0.15, 0.2) is 6.23 Å². The fourth-order valence-electron chi connectivity index (χ4n) is 2.15. The Hall–Kier alpha value is -2.11. The van der Waals surface area contributed by atoms with Crippen LogP contribution in [0.25, 0.3) is 0 Å². The molecule has 0 saturated heterocycles. The molecule has 0 bridgehead atoms. The first kappa shape index (κ1) is 19.2. The fraction of sp³-hybridized carbons (Fsp3) is 0.263. The molecule has 130 valence electrons. The molecule has 0 aromatic heterocycles. The van der Waals surface area contributed by atoms with Crippen molar-refractivity contribution in [1.29, 1.82) is 5.26 Å². The van der Waals surface area contributed by atoms with Crippen molar-refractivity contribution in [2.45, 2.75) is 32.6 Å². The molecule has 0 fully saturated rings. The summed E-state index contributed by atoms with van der Waals surface area (Å²) in [4.78, 5) is 12.5. The molecule has 2 aromatic carbocycles. The lowest BCUT2D eigenvalue weighted by Crippen LogP contribution is -2.25. The van der Waals surface area contributed by atoms with Gasteiger partial charge in [-0.25, -0.2) is 4.79 Å². The van der Waals surface area contributed by atoms with Crippen LogP contribution < -0.4 is 5.32 Å². The van der Waals surface area contributed by atoms with E-state index < -0.39 is 17.8 Å². The molecule has 25 heavy (non-hydrogen) atoms. The number of ether oxygens (including phenoxy) is 1. The Kier molecular flexibility index (Phi) is 6.03. The summed E-state index contributed by atoms with van der Waals surface area (Å²) in [7, 11) is 0. The van der Waals surface area contributed by atoms with E-state index in [4.69, 9.17) is 10.00 Å². The van der Waals surface area contributed by atoms with Crippen molar-refractivity contribution in [3.8, 4) is 6.07 Å². The molecular formula is C19H19IN2O3. The number of carbonyl (C=O) groups is 1. The number of nitrogens with one attached hydrogen (secondary N) is 1. The van der Waals surface area contributed by atoms with E-state index in [1.54, 1.807) is 39.0 Å². The monoisotopic (exact) mass is 450 g/mol. The van der Waals surface area contributed by atoms with E-state index in [0.29, 0.717) is 16.8 Å². The SMILES string of the molecule is CC(C)(C)OC(=O)c1cc(C#N)ccc1NC(O)c1cccc(I)c1. The molecule has 5 nitrogen and oxygen atoms in total. The van der Waals surface area contributed by atoms with Gasteiger partial charge in [-0.15, -0.1) is 0 Å². The molecule has 0 spiro atoms. The van der Waals surface area contributed by atoms with Crippen molar-refractivity contribution in [3.63, 3.8) is 0 Å². The Bertz CT molecular complexity index is 822. The van der Waals surface area contributed by atoms with Gasteiger partial charge in [0.1, 0.15) is 5.60 Å². The second kappa shape index (κ2) is 7.85. The third-order valence-corrected chi connectivity index (χ3v) is 3.90. The number of nitriles is 1. The first-order chi connectivity index (χ1) is 11.7. The van der Waals surface area contributed by atoms with E-state index in [9.17, 15) is 9.90 Å². The van der Waals surface area contributed by atoms with Gasteiger partial charge in [0.25, 0.3) is 0 Å². The summed E-state index contributed by atoms with van der Waals surface area (Å²) in [6.07, 6.45) is -0.996. The highest BCUT2D eigenvalue weighted by molar-refractivity contribution is 14.1. The van der Waals surface area contributed by atoms with Gasteiger partial charge in [0.05, 0.1) is 22.9 Å². The van der Waals surface area contributed by atoms with Gasteiger partial charge in [0, 0.05) is 9.13 Å². The van der Waals surface area contributed by atoms with Gasteiger partial charge in [-0.2, -0.15) is 5.26 Å². The molecule has 0 amide bonds. The van der Waals surface area contributed by atoms with Crippen LogP contribution in [0, 0.1) is 14.9 Å². The Labute approximate surface area is 160 Å². The standard InChI is InChI=1S/C19H19IN2O3/c1-19(2,3)25-18(24)15-9-12(11-21)7-8-16(15)22-17(23)13-5-4-6-14(20)10-13/h4-10,17,22-23H,1-3H3. The smallest absolute Gasteiger partial charge is 0.340 e. The third kappa shape index (κ3) is 5.44. The topological polar surface area (TPSA) is 82.4 Å². The molecular weight excluding hydrogens is 431 g/mol. The largest absolute Gasteiger partial charge is 0.456 e. The maximum atomic E-state index is 12.5. The fourth-order valence-corrected chi connectivity index (χ4v) is 2.72. The maximum Gasteiger partial charge on any atom is 0.340 e. The molecule has 2 N–H and O–H groups in total. The van der Waals surface area contributed by atoms with Gasteiger partial charge < -0.3 is 15.2 Å². The molecule has 0 aliphatic rings. The average molecular weight is 450 g/mol. The zero-order valence-electron chi connectivity index (χ0n) is 14.2.